The Morgan fingerprint density at radius 1 is 1.10 bits per heavy atom. The third kappa shape index (κ3) is 3.24. The van der Waals surface area contributed by atoms with Crippen LogP contribution >= 0.6 is 0 Å². The molecule has 0 saturated carbocycles. The van der Waals surface area contributed by atoms with Gasteiger partial charge in [0.25, 0.3) is 11.8 Å². The summed E-state index contributed by atoms with van der Waals surface area (Å²) in [5, 5.41) is 15.3. The Balaban J connectivity index is 2.06. The summed E-state index contributed by atoms with van der Waals surface area (Å²) in [5.41, 5.74) is 4.91. The molecule has 0 aliphatic heterocycles. The molecule has 0 saturated heterocycles. The number of H-pyrrole nitrogens is 1. The number of hydrogen-bond acceptors (Lipinski definition) is 4. The fourth-order valence-electron chi connectivity index (χ4n) is 1.65. The lowest BCUT2D eigenvalue weighted by Crippen LogP contribution is -2.42. The SMILES string of the molecule is Cc1cc(C(=O)NNC(=O)c2ccccc2C(=O)O)n[nH]1. The van der Waals surface area contributed by atoms with Crippen LogP contribution in [0.1, 0.15) is 36.9 Å². The molecule has 0 radical (unpaired) electrons. The zero-order valence-corrected chi connectivity index (χ0v) is 11.0. The van der Waals surface area contributed by atoms with Crippen LogP contribution in [-0.4, -0.2) is 33.1 Å². The highest BCUT2D eigenvalue weighted by atomic mass is 16.4. The number of aromatic amines is 1. The van der Waals surface area contributed by atoms with Crippen molar-refractivity contribution in [2.45, 2.75) is 6.92 Å². The number of hydrazine groups is 1. The number of carboxylic acid groups (broad SMARTS) is 1. The molecule has 4 N–H and O–H groups in total. The topological polar surface area (TPSA) is 124 Å². The largest absolute Gasteiger partial charge is 0.478 e. The van der Waals surface area contributed by atoms with E-state index in [2.05, 4.69) is 21.0 Å². The Morgan fingerprint density at radius 3 is 2.29 bits per heavy atom. The van der Waals surface area contributed by atoms with Gasteiger partial charge in [0.15, 0.2) is 5.69 Å². The Kier molecular flexibility index (Phi) is 3.98. The molecule has 108 valence electrons. The molecule has 1 aromatic heterocycles. The van der Waals surface area contributed by atoms with Crippen molar-refractivity contribution < 1.29 is 19.5 Å². The van der Waals surface area contributed by atoms with Crippen LogP contribution in [0.5, 0.6) is 0 Å². The van der Waals surface area contributed by atoms with Crippen LogP contribution in [0.3, 0.4) is 0 Å². The number of aromatic nitrogens is 2. The number of nitrogens with zero attached hydrogens (tertiary/aromatic N) is 1. The highest BCUT2D eigenvalue weighted by molar-refractivity contribution is 6.05. The van der Waals surface area contributed by atoms with E-state index in [0.29, 0.717) is 5.69 Å². The molecule has 0 spiro atoms. The van der Waals surface area contributed by atoms with Crippen molar-refractivity contribution in [2.24, 2.45) is 0 Å². The first kappa shape index (κ1) is 14.3. The lowest BCUT2D eigenvalue weighted by Gasteiger charge is -2.08. The number of rotatable bonds is 3. The summed E-state index contributed by atoms with van der Waals surface area (Å²) in [7, 11) is 0. The predicted octanol–water partition coefficient (Wildman–Crippen LogP) is 0.491. The summed E-state index contributed by atoms with van der Waals surface area (Å²) in [6, 6.07) is 7.19. The molecule has 2 amide bonds. The van der Waals surface area contributed by atoms with Crippen LogP contribution in [0.4, 0.5) is 0 Å². The van der Waals surface area contributed by atoms with E-state index in [1.54, 1.807) is 6.92 Å². The van der Waals surface area contributed by atoms with Crippen molar-refractivity contribution >= 4 is 17.8 Å². The number of benzene rings is 1. The number of carbonyl (C=O) groups is 3. The standard InChI is InChI=1S/C13H12N4O4/c1-7-6-10(15-14-7)12(19)17-16-11(18)8-4-2-3-5-9(8)13(20)21/h2-6H,1H3,(H,14,15)(H,16,18)(H,17,19)(H,20,21). The van der Waals surface area contributed by atoms with E-state index in [1.165, 1.54) is 30.3 Å². The van der Waals surface area contributed by atoms with Crippen molar-refractivity contribution in [2.75, 3.05) is 0 Å². The number of carboxylic acids is 1. The second-order valence-corrected chi connectivity index (χ2v) is 4.20. The first-order valence-electron chi connectivity index (χ1n) is 5.94. The van der Waals surface area contributed by atoms with E-state index in [0.717, 1.165) is 0 Å². The normalized spacial score (nSPS) is 9.95. The summed E-state index contributed by atoms with van der Waals surface area (Å²) in [5.74, 6) is -2.57. The summed E-state index contributed by atoms with van der Waals surface area (Å²) in [6.07, 6.45) is 0. The lowest BCUT2D eigenvalue weighted by atomic mass is 10.1. The van der Waals surface area contributed by atoms with E-state index in [9.17, 15) is 14.4 Å². The van der Waals surface area contributed by atoms with Gasteiger partial charge in [0.2, 0.25) is 0 Å². The quantitative estimate of drug-likeness (QED) is 0.612. The van der Waals surface area contributed by atoms with Crippen LogP contribution < -0.4 is 10.9 Å². The average molecular weight is 288 g/mol. The summed E-state index contributed by atoms with van der Waals surface area (Å²) < 4.78 is 0. The van der Waals surface area contributed by atoms with E-state index in [4.69, 9.17) is 5.11 Å². The minimum absolute atomic E-state index is 0.0523. The fourth-order valence-corrected chi connectivity index (χ4v) is 1.65. The maximum Gasteiger partial charge on any atom is 0.336 e. The van der Waals surface area contributed by atoms with Gasteiger partial charge in [-0.15, -0.1) is 0 Å². The van der Waals surface area contributed by atoms with Crippen molar-refractivity contribution in [1.82, 2.24) is 21.0 Å². The highest BCUT2D eigenvalue weighted by Gasteiger charge is 2.17. The molecule has 0 atom stereocenters. The molecule has 0 aliphatic carbocycles. The molecule has 1 heterocycles. The molecule has 8 nitrogen and oxygen atoms in total. The van der Waals surface area contributed by atoms with Gasteiger partial charge in [-0.2, -0.15) is 5.10 Å². The number of nitrogens with one attached hydrogen (secondary N) is 3. The molecule has 0 bridgehead atoms. The first-order valence-corrected chi connectivity index (χ1v) is 5.94. The number of carbonyl (C=O) groups excluding carboxylic acids is 2. The van der Waals surface area contributed by atoms with Crippen LogP contribution in [-0.2, 0) is 0 Å². The number of aromatic carboxylic acids is 1. The van der Waals surface area contributed by atoms with Gasteiger partial charge in [-0.25, -0.2) is 4.79 Å². The zero-order chi connectivity index (χ0) is 15.4. The molecular weight excluding hydrogens is 276 g/mol. The highest BCUT2D eigenvalue weighted by Crippen LogP contribution is 2.08. The van der Waals surface area contributed by atoms with Crippen LogP contribution in [0.25, 0.3) is 0 Å². The van der Waals surface area contributed by atoms with Crippen LogP contribution in [0, 0.1) is 6.92 Å². The predicted molar refractivity (Wildman–Crippen MR) is 71.7 cm³/mol. The fraction of sp³-hybridized carbons (Fsp3) is 0.0769. The Morgan fingerprint density at radius 2 is 1.71 bits per heavy atom. The van der Waals surface area contributed by atoms with Crippen molar-refractivity contribution in [1.29, 1.82) is 0 Å². The smallest absolute Gasteiger partial charge is 0.336 e. The third-order valence-electron chi connectivity index (χ3n) is 2.63. The van der Waals surface area contributed by atoms with Gasteiger partial charge >= 0.3 is 5.97 Å². The molecule has 2 rings (SSSR count). The van der Waals surface area contributed by atoms with Crippen molar-refractivity contribution in [3.8, 4) is 0 Å². The molecular formula is C13H12N4O4. The van der Waals surface area contributed by atoms with Gasteiger partial charge in [-0.3, -0.25) is 25.5 Å². The summed E-state index contributed by atoms with van der Waals surface area (Å²) in [6.45, 7) is 1.73. The maximum absolute atomic E-state index is 11.9. The van der Waals surface area contributed by atoms with Gasteiger partial charge in [0, 0.05) is 5.69 Å². The first-order chi connectivity index (χ1) is 9.99. The van der Waals surface area contributed by atoms with E-state index in [-0.39, 0.29) is 16.8 Å². The van der Waals surface area contributed by atoms with E-state index < -0.39 is 17.8 Å². The van der Waals surface area contributed by atoms with Crippen LogP contribution in [0.15, 0.2) is 30.3 Å². The molecule has 0 fully saturated rings. The number of aryl methyl sites for hydroxylation is 1. The van der Waals surface area contributed by atoms with Gasteiger partial charge in [0.1, 0.15) is 0 Å². The van der Waals surface area contributed by atoms with Crippen molar-refractivity contribution in [3.63, 3.8) is 0 Å². The Hall–Kier alpha value is -3.16. The molecule has 8 heteroatoms. The monoisotopic (exact) mass is 288 g/mol. The van der Waals surface area contributed by atoms with Gasteiger partial charge in [-0.1, -0.05) is 12.1 Å². The summed E-state index contributed by atoms with van der Waals surface area (Å²) in [4.78, 5) is 34.6. The Labute approximate surface area is 119 Å². The second kappa shape index (κ2) is 5.87. The molecule has 21 heavy (non-hydrogen) atoms. The van der Waals surface area contributed by atoms with Gasteiger partial charge in [0.05, 0.1) is 11.1 Å². The van der Waals surface area contributed by atoms with Crippen molar-refractivity contribution in [3.05, 3.63) is 52.8 Å². The zero-order valence-electron chi connectivity index (χ0n) is 11.0. The minimum atomic E-state index is -1.23. The lowest BCUT2D eigenvalue weighted by molar-refractivity contribution is 0.0690. The molecule has 0 aliphatic rings. The van der Waals surface area contributed by atoms with E-state index >= 15 is 0 Å². The Bertz CT molecular complexity index is 708. The van der Waals surface area contributed by atoms with E-state index in [1.807, 2.05) is 0 Å². The van der Waals surface area contributed by atoms with Gasteiger partial charge in [-0.05, 0) is 25.1 Å². The molecule has 2 aromatic rings. The maximum atomic E-state index is 11.9. The van der Waals surface area contributed by atoms with Gasteiger partial charge < -0.3 is 5.11 Å². The third-order valence-corrected chi connectivity index (χ3v) is 2.63. The summed E-state index contributed by atoms with van der Waals surface area (Å²) >= 11 is 0. The second-order valence-electron chi connectivity index (χ2n) is 4.20. The average Bonchev–Trinajstić information content (AvgIpc) is 2.91. The molecule has 1 aromatic carbocycles. The number of amides is 2. The van der Waals surface area contributed by atoms with Crippen LogP contribution in [0.2, 0.25) is 0 Å². The number of hydrogen-bond donors (Lipinski definition) is 4. The minimum Gasteiger partial charge on any atom is -0.478 e. The molecule has 0 unspecified atom stereocenters.